The lowest BCUT2D eigenvalue weighted by Gasteiger charge is -2.13. The van der Waals surface area contributed by atoms with Crippen LogP contribution in [-0.4, -0.2) is 27.6 Å². The van der Waals surface area contributed by atoms with Crippen LogP contribution in [0.1, 0.15) is 17.5 Å². The Hall–Kier alpha value is -3.47. The van der Waals surface area contributed by atoms with Gasteiger partial charge in [0.2, 0.25) is 0 Å². The summed E-state index contributed by atoms with van der Waals surface area (Å²) in [7, 11) is 0. The molecule has 0 spiro atoms. The molecule has 30 heavy (non-hydrogen) atoms. The molecule has 2 fully saturated rings. The second-order valence-electron chi connectivity index (χ2n) is 8.45. The Morgan fingerprint density at radius 3 is 2.30 bits per heavy atom. The molecule has 5 heteroatoms. The summed E-state index contributed by atoms with van der Waals surface area (Å²) >= 11 is 0. The largest absolute Gasteiger partial charge is 0.342 e. The Labute approximate surface area is 174 Å². The second-order valence-corrected chi connectivity index (χ2v) is 8.45. The molecule has 3 aromatic rings. The number of allylic oxidation sites excluding steroid dienone is 2. The van der Waals surface area contributed by atoms with Crippen LogP contribution in [0.3, 0.4) is 0 Å². The SMILES string of the molecule is O=C1[C@@H]2[C@@H](C(=O)N1/N=C\c1cn(Cc3ccccc3)c3ccccc13)[C@@H]1C=C[C@@H]2C1. The maximum atomic E-state index is 12.9. The highest BCUT2D eigenvalue weighted by molar-refractivity contribution is 6.07. The zero-order valence-corrected chi connectivity index (χ0v) is 16.4. The highest BCUT2D eigenvalue weighted by Gasteiger charge is 2.59. The molecular weight excluding hydrogens is 374 g/mol. The Bertz CT molecular complexity index is 1190. The molecule has 2 aliphatic carbocycles. The summed E-state index contributed by atoms with van der Waals surface area (Å²) in [5.41, 5.74) is 3.21. The van der Waals surface area contributed by atoms with E-state index in [-0.39, 0.29) is 35.5 Å². The molecule has 3 aliphatic rings. The molecule has 1 saturated heterocycles. The van der Waals surface area contributed by atoms with Crippen LogP contribution in [0.25, 0.3) is 10.9 Å². The number of aromatic nitrogens is 1. The Morgan fingerprint density at radius 1 is 0.900 bits per heavy atom. The fourth-order valence-electron chi connectivity index (χ4n) is 5.41. The highest BCUT2D eigenvalue weighted by atomic mass is 16.2. The van der Waals surface area contributed by atoms with Crippen LogP contribution in [0.5, 0.6) is 0 Å². The van der Waals surface area contributed by atoms with E-state index in [0.717, 1.165) is 34.4 Å². The van der Waals surface area contributed by atoms with Gasteiger partial charge < -0.3 is 4.57 Å². The van der Waals surface area contributed by atoms with E-state index in [9.17, 15) is 9.59 Å². The fraction of sp³-hybridized carbons (Fsp3) is 0.240. The molecule has 0 unspecified atom stereocenters. The normalized spacial score (nSPS) is 27.1. The molecule has 6 rings (SSSR count). The molecule has 148 valence electrons. The average Bonchev–Trinajstić information content (AvgIpc) is 3.52. The van der Waals surface area contributed by atoms with Gasteiger partial charge in [-0.05, 0) is 29.9 Å². The number of fused-ring (bicyclic) bond motifs is 6. The number of carbonyl (C=O) groups excluding carboxylic acids is 2. The smallest absolute Gasteiger partial charge is 0.254 e. The van der Waals surface area contributed by atoms with Gasteiger partial charge in [0.15, 0.2) is 0 Å². The van der Waals surface area contributed by atoms with Gasteiger partial charge in [0.25, 0.3) is 11.8 Å². The predicted molar refractivity (Wildman–Crippen MR) is 115 cm³/mol. The minimum Gasteiger partial charge on any atom is -0.342 e. The van der Waals surface area contributed by atoms with Crippen molar-refractivity contribution in [1.29, 1.82) is 0 Å². The van der Waals surface area contributed by atoms with Crippen molar-refractivity contribution in [3.63, 3.8) is 0 Å². The predicted octanol–water partition coefficient (Wildman–Crippen LogP) is 3.83. The van der Waals surface area contributed by atoms with E-state index in [1.807, 2.05) is 42.6 Å². The summed E-state index contributed by atoms with van der Waals surface area (Å²) < 4.78 is 2.18. The molecule has 0 radical (unpaired) electrons. The first kappa shape index (κ1) is 17.4. The van der Waals surface area contributed by atoms with Crippen LogP contribution in [0.4, 0.5) is 0 Å². The number of carbonyl (C=O) groups is 2. The van der Waals surface area contributed by atoms with Crippen molar-refractivity contribution in [2.45, 2.75) is 13.0 Å². The van der Waals surface area contributed by atoms with E-state index in [4.69, 9.17) is 0 Å². The van der Waals surface area contributed by atoms with E-state index in [1.54, 1.807) is 6.21 Å². The second kappa shape index (κ2) is 6.52. The first-order valence-electron chi connectivity index (χ1n) is 10.4. The number of amides is 2. The maximum absolute atomic E-state index is 12.9. The van der Waals surface area contributed by atoms with Gasteiger partial charge in [-0.15, -0.1) is 0 Å². The molecule has 1 saturated carbocycles. The van der Waals surface area contributed by atoms with Gasteiger partial charge in [0.1, 0.15) is 0 Å². The third-order valence-corrected chi connectivity index (χ3v) is 6.77. The Morgan fingerprint density at radius 2 is 1.57 bits per heavy atom. The minimum absolute atomic E-state index is 0.147. The number of rotatable bonds is 4. The maximum Gasteiger partial charge on any atom is 0.254 e. The van der Waals surface area contributed by atoms with Crippen molar-refractivity contribution >= 4 is 28.9 Å². The zero-order valence-electron chi connectivity index (χ0n) is 16.4. The van der Waals surface area contributed by atoms with Crippen LogP contribution in [-0.2, 0) is 16.1 Å². The number of benzene rings is 2. The molecule has 1 aromatic heterocycles. The van der Waals surface area contributed by atoms with Gasteiger partial charge in [-0.2, -0.15) is 10.1 Å². The standard InChI is InChI=1S/C25H21N3O2/c29-24-22-17-10-11-18(12-17)23(22)25(30)28(24)26-13-19-15-27(14-16-6-2-1-3-7-16)21-9-5-4-8-20(19)21/h1-11,13,15,17-18,22-23H,12,14H2/b26-13-/t17-,18-,22+,23+/m1/s1. The number of para-hydroxylation sites is 1. The summed E-state index contributed by atoms with van der Waals surface area (Å²) in [4.78, 5) is 25.7. The summed E-state index contributed by atoms with van der Waals surface area (Å²) in [6, 6.07) is 18.4. The summed E-state index contributed by atoms with van der Waals surface area (Å²) in [5, 5.41) is 6.54. The van der Waals surface area contributed by atoms with E-state index in [0.29, 0.717) is 0 Å². The van der Waals surface area contributed by atoms with Crippen molar-refractivity contribution < 1.29 is 9.59 Å². The summed E-state index contributed by atoms with van der Waals surface area (Å²) in [6.07, 6.45) is 8.83. The molecule has 2 heterocycles. The fourth-order valence-corrected chi connectivity index (χ4v) is 5.41. The number of imide groups is 1. The lowest BCUT2D eigenvalue weighted by Crippen LogP contribution is -2.28. The first-order valence-corrected chi connectivity index (χ1v) is 10.4. The van der Waals surface area contributed by atoms with Gasteiger partial charge in [-0.25, -0.2) is 0 Å². The summed E-state index contributed by atoms with van der Waals surface area (Å²) in [5.74, 6) is -0.334. The number of hydrogen-bond donors (Lipinski definition) is 0. The molecule has 0 N–H and O–H groups in total. The molecule has 1 aliphatic heterocycles. The summed E-state index contributed by atoms with van der Waals surface area (Å²) in [6.45, 7) is 0.746. The van der Waals surface area contributed by atoms with Gasteiger partial charge in [0.05, 0.1) is 18.1 Å². The first-order chi connectivity index (χ1) is 14.7. The molecule has 2 aromatic carbocycles. The van der Waals surface area contributed by atoms with E-state index in [2.05, 4.69) is 40.0 Å². The highest BCUT2D eigenvalue weighted by Crippen LogP contribution is 2.52. The van der Waals surface area contributed by atoms with Crippen LogP contribution in [0.15, 0.2) is 78.0 Å². The monoisotopic (exact) mass is 395 g/mol. The van der Waals surface area contributed by atoms with Crippen LogP contribution in [0, 0.1) is 23.7 Å². The molecular formula is C25H21N3O2. The average molecular weight is 395 g/mol. The molecule has 4 atom stereocenters. The van der Waals surface area contributed by atoms with Crippen molar-refractivity contribution in [2.24, 2.45) is 28.8 Å². The van der Waals surface area contributed by atoms with E-state index < -0.39 is 0 Å². The van der Waals surface area contributed by atoms with Gasteiger partial charge in [-0.1, -0.05) is 60.7 Å². The molecule has 2 bridgehead atoms. The van der Waals surface area contributed by atoms with Gasteiger partial charge in [-0.3, -0.25) is 9.59 Å². The van der Waals surface area contributed by atoms with Gasteiger partial charge >= 0.3 is 0 Å². The molecule has 2 amide bonds. The number of nitrogens with zero attached hydrogens (tertiary/aromatic N) is 3. The third kappa shape index (κ3) is 2.51. The number of hydrogen-bond acceptors (Lipinski definition) is 3. The van der Waals surface area contributed by atoms with Crippen molar-refractivity contribution in [2.75, 3.05) is 0 Å². The minimum atomic E-state index is -0.218. The Balaban J connectivity index is 1.32. The van der Waals surface area contributed by atoms with Crippen LogP contribution in [0.2, 0.25) is 0 Å². The quantitative estimate of drug-likeness (QED) is 0.383. The topological polar surface area (TPSA) is 54.7 Å². The van der Waals surface area contributed by atoms with Crippen molar-refractivity contribution in [1.82, 2.24) is 9.58 Å². The lowest BCUT2D eigenvalue weighted by molar-refractivity contribution is -0.140. The number of hydrazone groups is 1. The van der Waals surface area contributed by atoms with Crippen LogP contribution >= 0.6 is 0 Å². The van der Waals surface area contributed by atoms with Gasteiger partial charge in [0, 0.05) is 29.2 Å². The van der Waals surface area contributed by atoms with Crippen molar-refractivity contribution in [3.05, 3.63) is 84.1 Å². The van der Waals surface area contributed by atoms with Crippen molar-refractivity contribution in [3.8, 4) is 0 Å². The Kier molecular flexibility index (Phi) is 3.78. The molecule has 5 nitrogen and oxygen atoms in total. The lowest BCUT2D eigenvalue weighted by atomic mass is 9.85. The zero-order chi connectivity index (χ0) is 20.2. The van der Waals surface area contributed by atoms with Crippen LogP contribution < -0.4 is 0 Å². The third-order valence-electron chi connectivity index (χ3n) is 6.77. The van der Waals surface area contributed by atoms with E-state index >= 15 is 0 Å². The van der Waals surface area contributed by atoms with E-state index in [1.165, 1.54) is 5.56 Å².